The molecule has 0 aliphatic rings. The van der Waals surface area contributed by atoms with Gasteiger partial charge in [-0.15, -0.1) is 35.0 Å². The first-order valence-electron chi connectivity index (χ1n) is 7.66. The van der Waals surface area contributed by atoms with Crippen molar-refractivity contribution in [3.05, 3.63) is 66.4 Å². The van der Waals surface area contributed by atoms with Crippen LogP contribution in [-0.4, -0.2) is 4.98 Å². The van der Waals surface area contributed by atoms with Gasteiger partial charge in [-0.3, -0.25) is 0 Å². The maximum absolute atomic E-state index is 4.70. The van der Waals surface area contributed by atoms with E-state index in [-0.39, 0.29) is 25.5 Å². The Bertz CT molecular complexity index is 1010. The van der Waals surface area contributed by atoms with Crippen LogP contribution in [0, 0.1) is 6.07 Å². The van der Waals surface area contributed by atoms with Crippen molar-refractivity contribution in [2.24, 2.45) is 0 Å². The largest absolute Gasteiger partial charge is 0.303 e. The summed E-state index contributed by atoms with van der Waals surface area (Å²) < 4.78 is 0. The molecule has 1 aromatic heterocycles. The molecule has 1 nitrogen and oxygen atoms in total. The second-order valence-electron chi connectivity index (χ2n) is 6.91. The Morgan fingerprint density at radius 3 is 2.48 bits per heavy atom. The molecule has 0 spiro atoms. The van der Waals surface area contributed by atoms with Gasteiger partial charge >= 0.3 is 0 Å². The number of nitrogens with zero attached hydrogens (tertiary/aromatic N) is 1. The molecule has 0 saturated heterocycles. The average Bonchev–Trinajstić information content (AvgIpc) is 2.53. The minimum absolute atomic E-state index is 0. The summed E-state index contributed by atoms with van der Waals surface area (Å²) in [6.07, 6.45) is 1.98. The first kappa shape index (κ1) is 16.1. The van der Waals surface area contributed by atoms with Gasteiger partial charge in [-0.2, -0.15) is 0 Å². The quantitative estimate of drug-likeness (QED) is 0.237. The van der Waals surface area contributed by atoms with E-state index in [9.17, 15) is 0 Å². The van der Waals surface area contributed by atoms with Gasteiger partial charge in [0.05, 0.1) is 0 Å². The van der Waals surface area contributed by atoms with Crippen molar-refractivity contribution >= 4 is 32.4 Å². The van der Waals surface area contributed by atoms with Crippen molar-refractivity contribution in [2.75, 3.05) is 0 Å². The Morgan fingerprint density at radius 2 is 1.70 bits per heavy atom. The van der Waals surface area contributed by atoms with Crippen molar-refractivity contribution in [2.45, 2.75) is 26.2 Å². The molecule has 0 N–H and O–H groups in total. The summed E-state index contributed by atoms with van der Waals surface area (Å²) >= 11 is 0. The molecular formula is C21H18IrN-. The van der Waals surface area contributed by atoms with Crippen molar-refractivity contribution < 1.29 is 20.1 Å². The van der Waals surface area contributed by atoms with Crippen LogP contribution in [0.15, 0.2) is 54.7 Å². The Morgan fingerprint density at radius 1 is 0.913 bits per heavy atom. The summed E-state index contributed by atoms with van der Waals surface area (Å²) in [7, 11) is 0. The van der Waals surface area contributed by atoms with E-state index in [0.717, 1.165) is 10.9 Å². The van der Waals surface area contributed by atoms with Crippen molar-refractivity contribution in [3.8, 4) is 0 Å². The third-order valence-corrected chi connectivity index (χ3v) is 4.35. The van der Waals surface area contributed by atoms with E-state index in [4.69, 9.17) is 4.98 Å². The predicted molar refractivity (Wildman–Crippen MR) is 94.3 cm³/mol. The van der Waals surface area contributed by atoms with E-state index < -0.39 is 0 Å². The van der Waals surface area contributed by atoms with Crippen LogP contribution in [0.25, 0.3) is 32.4 Å². The van der Waals surface area contributed by atoms with Gasteiger partial charge in [0.25, 0.3) is 0 Å². The van der Waals surface area contributed by atoms with Crippen LogP contribution in [0.4, 0.5) is 0 Å². The molecule has 0 aliphatic carbocycles. The molecule has 0 fully saturated rings. The maximum atomic E-state index is 4.70. The van der Waals surface area contributed by atoms with Gasteiger partial charge in [-0.25, -0.2) is 0 Å². The molecule has 4 aromatic rings. The van der Waals surface area contributed by atoms with Gasteiger partial charge in [0, 0.05) is 26.3 Å². The second-order valence-corrected chi connectivity index (χ2v) is 6.91. The molecular weight excluding hydrogens is 458 g/mol. The summed E-state index contributed by atoms with van der Waals surface area (Å²) in [5, 5.41) is 5.96. The number of hydrogen-bond donors (Lipinski definition) is 0. The summed E-state index contributed by atoms with van der Waals surface area (Å²) in [5.41, 5.74) is 2.54. The summed E-state index contributed by atoms with van der Waals surface area (Å²) in [4.78, 5) is 4.70. The van der Waals surface area contributed by atoms with Crippen LogP contribution < -0.4 is 0 Å². The minimum Gasteiger partial charge on any atom is -0.303 e. The predicted octanol–water partition coefficient (Wildman–Crippen LogP) is 5.64. The Balaban J connectivity index is 0.00000156. The van der Waals surface area contributed by atoms with E-state index in [1.54, 1.807) is 0 Å². The van der Waals surface area contributed by atoms with Crippen molar-refractivity contribution in [1.82, 2.24) is 4.98 Å². The monoisotopic (exact) mass is 477 g/mol. The molecule has 0 unspecified atom stereocenters. The number of benzene rings is 3. The normalized spacial score (nSPS) is 11.8. The Kier molecular flexibility index (Phi) is 4.00. The molecule has 0 bridgehead atoms. The van der Waals surface area contributed by atoms with E-state index in [1.165, 1.54) is 27.1 Å². The van der Waals surface area contributed by atoms with Crippen LogP contribution in [0.3, 0.4) is 0 Å². The molecule has 1 radical (unpaired) electrons. The fourth-order valence-corrected chi connectivity index (χ4v) is 3.03. The van der Waals surface area contributed by atoms with Gasteiger partial charge in [0.2, 0.25) is 0 Å². The SMILES string of the molecule is CC(C)(C)c1ccc2cnc3c4[c-]cccc4ccc3c2c1.[Ir]. The summed E-state index contributed by atoms with van der Waals surface area (Å²) in [6.45, 7) is 6.75. The van der Waals surface area contributed by atoms with Crippen LogP contribution in [0.1, 0.15) is 26.3 Å². The number of rotatable bonds is 0. The van der Waals surface area contributed by atoms with Gasteiger partial charge in [0.1, 0.15) is 0 Å². The molecule has 4 rings (SSSR count). The Hall–Kier alpha value is -1.76. The smallest absolute Gasteiger partial charge is 0.0239 e. The Labute approximate surface area is 150 Å². The molecule has 0 aliphatic heterocycles. The van der Waals surface area contributed by atoms with Gasteiger partial charge in [-0.05, 0) is 32.7 Å². The molecule has 23 heavy (non-hydrogen) atoms. The summed E-state index contributed by atoms with van der Waals surface area (Å²) in [6, 6.07) is 20.5. The first-order valence-corrected chi connectivity index (χ1v) is 7.66. The topological polar surface area (TPSA) is 12.9 Å². The number of fused-ring (bicyclic) bond motifs is 5. The van der Waals surface area contributed by atoms with Gasteiger partial charge in [0.15, 0.2) is 0 Å². The molecule has 117 valence electrons. The van der Waals surface area contributed by atoms with Crippen molar-refractivity contribution in [3.63, 3.8) is 0 Å². The summed E-state index contributed by atoms with van der Waals surface area (Å²) in [5.74, 6) is 0. The van der Waals surface area contributed by atoms with Crippen LogP contribution in [0.2, 0.25) is 0 Å². The van der Waals surface area contributed by atoms with E-state index in [2.05, 4.69) is 63.2 Å². The van der Waals surface area contributed by atoms with Crippen LogP contribution in [-0.2, 0) is 25.5 Å². The second kappa shape index (κ2) is 5.70. The molecule has 0 amide bonds. The van der Waals surface area contributed by atoms with Gasteiger partial charge in [-0.1, -0.05) is 51.1 Å². The zero-order valence-corrected chi connectivity index (χ0v) is 15.9. The number of hydrogen-bond acceptors (Lipinski definition) is 1. The molecule has 1 heterocycles. The fourth-order valence-electron chi connectivity index (χ4n) is 3.03. The van der Waals surface area contributed by atoms with E-state index in [1.807, 2.05) is 18.3 Å². The number of pyridine rings is 1. The van der Waals surface area contributed by atoms with E-state index >= 15 is 0 Å². The third-order valence-electron chi connectivity index (χ3n) is 4.35. The average molecular weight is 477 g/mol. The molecule has 2 heteroatoms. The molecule has 3 aromatic carbocycles. The number of aromatic nitrogens is 1. The zero-order chi connectivity index (χ0) is 15.3. The fraction of sp³-hybridized carbons (Fsp3) is 0.190. The van der Waals surface area contributed by atoms with Crippen LogP contribution >= 0.6 is 0 Å². The van der Waals surface area contributed by atoms with E-state index in [0.29, 0.717) is 0 Å². The van der Waals surface area contributed by atoms with Crippen molar-refractivity contribution in [1.29, 1.82) is 0 Å². The standard InChI is InChI=1S/C21H18N.Ir/c1-21(2,3)16-10-8-15-13-22-20-17-7-5-4-6-14(17)9-11-18(20)19(15)12-16;/h4-6,8-13H,1-3H3;/q-1;. The maximum Gasteiger partial charge on any atom is 0.0239 e. The third kappa shape index (κ3) is 2.67. The molecule has 0 atom stereocenters. The first-order chi connectivity index (χ1) is 10.5. The van der Waals surface area contributed by atoms with Crippen LogP contribution in [0.5, 0.6) is 0 Å². The van der Waals surface area contributed by atoms with Gasteiger partial charge < -0.3 is 4.98 Å². The zero-order valence-electron chi connectivity index (χ0n) is 13.5. The molecule has 0 saturated carbocycles. The minimum atomic E-state index is 0.